The van der Waals surface area contributed by atoms with E-state index in [1.807, 2.05) is 36.4 Å². The minimum absolute atomic E-state index is 0.0729. The average molecular weight is 320 g/mol. The predicted molar refractivity (Wildman–Crippen MR) is 87.2 cm³/mol. The molecule has 0 aliphatic rings. The third kappa shape index (κ3) is 6.50. The number of carbonyl (C=O) groups excluding carboxylic acids is 2. The molecule has 7 heteroatoms. The Morgan fingerprint density at radius 3 is 2.59 bits per heavy atom. The van der Waals surface area contributed by atoms with Gasteiger partial charge in [-0.25, -0.2) is 4.79 Å². The zero-order valence-electron chi connectivity index (χ0n) is 12.7. The summed E-state index contributed by atoms with van der Waals surface area (Å²) in [6.45, 7) is -0.0729. The molecule has 22 heavy (non-hydrogen) atoms. The maximum absolute atomic E-state index is 12.0. The van der Waals surface area contributed by atoms with Crippen molar-refractivity contribution in [2.24, 2.45) is 0 Å². The van der Waals surface area contributed by atoms with E-state index in [1.54, 1.807) is 25.9 Å². The number of carbonyl (C=O) groups is 2. The van der Waals surface area contributed by atoms with Crippen LogP contribution < -0.4 is 10.6 Å². The Bertz CT molecular complexity index is 528. The molecule has 0 radical (unpaired) electrons. The molecule has 0 aliphatic carbocycles. The second-order valence-electron chi connectivity index (χ2n) is 4.77. The van der Waals surface area contributed by atoms with E-state index in [4.69, 9.17) is 5.26 Å². The van der Waals surface area contributed by atoms with Crippen molar-refractivity contribution < 1.29 is 9.59 Å². The summed E-state index contributed by atoms with van der Waals surface area (Å²) in [6.07, 6.45) is 0. The molecule has 1 aromatic carbocycles. The summed E-state index contributed by atoms with van der Waals surface area (Å²) in [4.78, 5) is 25.1. The molecule has 6 nitrogen and oxygen atoms in total. The Hall–Kier alpha value is -2.20. The molecule has 1 rings (SSSR count). The van der Waals surface area contributed by atoms with E-state index in [9.17, 15) is 9.59 Å². The predicted octanol–water partition coefficient (Wildman–Crippen LogP) is 1.20. The second-order valence-corrected chi connectivity index (χ2v) is 5.80. The van der Waals surface area contributed by atoms with Gasteiger partial charge in [0.2, 0.25) is 5.91 Å². The number of nitriles is 1. The van der Waals surface area contributed by atoms with Gasteiger partial charge in [0.25, 0.3) is 0 Å². The minimum Gasteiger partial charge on any atom is -0.341 e. The van der Waals surface area contributed by atoms with Crippen LogP contribution >= 0.6 is 11.8 Å². The lowest BCUT2D eigenvalue weighted by atomic mass is 10.2. The van der Waals surface area contributed by atoms with E-state index in [-0.39, 0.29) is 18.5 Å². The molecule has 0 saturated carbocycles. The molecule has 2 N–H and O–H groups in total. The SMILES string of the molecule is CN(C)C(=O)NC(CSCc1ccccc1)C(=O)NCC#N. The Kier molecular flexibility index (Phi) is 7.86. The Morgan fingerprint density at radius 1 is 1.32 bits per heavy atom. The molecule has 1 unspecified atom stereocenters. The third-order valence-electron chi connectivity index (χ3n) is 2.76. The van der Waals surface area contributed by atoms with Crippen molar-refractivity contribution in [3.05, 3.63) is 35.9 Å². The highest BCUT2D eigenvalue weighted by molar-refractivity contribution is 7.98. The maximum Gasteiger partial charge on any atom is 0.317 e. The fourth-order valence-corrected chi connectivity index (χ4v) is 2.60. The van der Waals surface area contributed by atoms with Crippen LogP contribution in [0.25, 0.3) is 0 Å². The average Bonchev–Trinajstić information content (AvgIpc) is 2.52. The van der Waals surface area contributed by atoms with E-state index < -0.39 is 6.04 Å². The van der Waals surface area contributed by atoms with Crippen molar-refractivity contribution in [1.29, 1.82) is 5.26 Å². The summed E-state index contributed by atoms with van der Waals surface area (Å²) in [5.74, 6) is 0.837. The van der Waals surface area contributed by atoms with Gasteiger partial charge in [-0.15, -0.1) is 0 Å². The number of nitrogens with one attached hydrogen (secondary N) is 2. The Morgan fingerprint density at radius 2 is 2.00 bits per heavy atom. The van der Waals surface area contributed by atoms with Gasteiger partial charge in [-0.2, -0.15) is 17.0 Å². The zero-order valence-corrected chi connectivity index (χ0v) is 13.5. The van der Waals surface area contributed by atoms with Gasteiger partial charge in [-0.1, -0.05) is 30.3 Å². The van der Waals surface area contributed by atoms with Crippen LogP contribution in [-0.2, 0) is 10.5 Å². The third-order valence-corrected chi connectivity index (χ3v) is 3.86. The van der Waals surface area contributed by atoms with Crippen LogP contribution in [0.4, 0.5) is 4.79 Å². The molecule has 0 spiro atoms. The Labute approximate surface area is 134 Å². The second kappa shape index (κ2) is 9.68. The van der Waals surface area contributed by atoms with Gasteiger partial charge in [-0.3, -0.25) is 4.79 Å². The highest BCUT2D eigenvalue weighted by Crippen LogP contribution is 2.13. The fourth-order valence-electron chi connectivity index (χ4n) is 1.58. The highest BCUT2D eigenvalue weighted by atomic mass is 32.2. The van der Waals surface area contributed by atoms with E-state index in [1.165, 1.54) is 4.90 Å². The van der Waals surface area contributed by atoms with Crippen LogP contribution in [0.5, 0.6) is 0 Å². The first-order valence-electron chi connectivity index (χ1n) is 6.78. The highest BCUT2D eigenvalue weighted by Gasteiger charge is 2.21. The number of thioether (sulfide) groups is 1. The number of hydrogen-bond acceptors (Lipinski definition) is 4. The largest absolute Gasteiger partial charge is 0.341 e. The van der Waals surface area contributed by atoms with Crippen LogP contribution in [-0.4, -0.2) is 49.3 Å². The summed E-state index contributed by atoms with van der Waals surface area (Å²) in [7, 11) is 3.22. The standard InChI is InChI=1S/C15H20N4O2S/c1-19(2)15(21)18-13(14(20)17-9-8-16)11-22-10-12-6-4-3-5-7-12/h3-7,13H,9-11H2,1-2H3,(H,17,20)(H,18,21). The Balaban J connectivity index is 2.55. The smallest absolute Gasteiger partial charge is 0.317 e. The quantitative estimate of drug-likeness (QED) is 0.739. The van der Waals surface area contributed by atoms with E-state index in [0.29, 0.717) is 5.75 Å². The van der Waals surface area contributed by atoms with Gasteiger partial charge in [0.05, 0.1) is 6.07 Å². The normalized spacial score (nSPS) is 11.1. The van der Waals surface area contributed by atoms with Gasteiger partial charge < -0.3 is 15.5 Å². The van der Waals surface area contributed by atoms with E-state index in [2.05, 4.69) is 10.6 Å². The lowest BCUT2D eigenvalue weighted by Crippen LogP contribution is -2.51. The van der Waals surface area contributed by atoms with Crippen LogP contribution in [0.15, 0.2) is 30.3 Å². The fraction of sp³-hybridized carbons (Fsp3) is 0.400. The van der Waals surface area contributed by atoms with Gasteiger partial charge in [0.15, 0.2) is 0 Å². The molecular formula is C15H20N4O2S. The van der Waals surface area contributed by atoms with Crippen LogP contribution in [0.3, 0.4) is 0 Å². The van der Waals surface area contributed by atoms with Gasteiger partial charge in [0, 0.05) is 25.6 Å². The molecule has 3 amide bonds. The molecule has 0 aromatic heterocycles. The maximum atomic E-state index is 12.0. The topological polar surface area (TPSA) is 85.2 Å². The number of rotatable bonds is 7. The molecule has 0 saturated heterocycles. The van der Waals surface area contributed by atoms with Crippen molar-refractivity contribution in [2.45, 2.75) is 11.8 Å². The summed E-state index contributed by atoms with van der Waals surface area (Å²) >= 11 is 1.55. The number of hydrogen-bond donors (Lipinski definition) is 2. The summed E-state index contributed by atoms with van der Waals surface area (Å²) in [5, 5.41) is 13.7. The molecular weight excluding hydrogens is 300 g/mol. The van der Waals surface area contributed by atoms with Crippen LogP contribution in [0.1, 0.15) is 5.56 Å². The minimum atomic E-state index is -0.669. The van der Waals surface area contributed by atoms with Gasteiger partial charge >= 0.3 is 6.03 Å². The van der Waals surface area contributed by atoms with Crippen molar-refractivity contribution in [2.75, 3.05) is 26.4 Å². The molecule has 0 aliphatic heterocycles. The summed E-state index contributed by atoms with van der Waals surface area (Å²) in [6, 6.07) is 10.7. The molecule has 0 fully saturated rings. The number of amides is 3. The zero-order chi connectivity index (χ0) is 16.4. The first-order valence-corrected chi connectivity index (χ1v) is 7.94. The lowest BCUT2D eigenvalue weighted by Gasteiger charge is -2.20. The first kappa shape index (κ1) is 17.9. The molecule has 1 atom stereocenters. The number of nitrogens with zero attached hydrogens (tertiary/aromatic N) is 2. The van der Waals surface area contributed by atoms with Crippen LogP contribution in [0, 0.1) is 11.3 Å². The van der Waals surface area contributed by atoms with E-state index >= 15 is 0 Å². The van der Waals surface area contributed by atoms with Crippen molar-refractivity contribution >= 4 is 23.7 Å². The molecule has 1 aromatic rings. The number of urea groups is 1. The van der Waals surface area contributed by atoms with E-state index in [0.717, 1.165) is 11.3 Å². The molecule has 118 valence electrons. The summed E-state index contributed by atoms with van der Waals surface area (Å²) in [5.41, 5.74) is 1.16. The molecule has 0 bridgehead atoms. The molecule has 0 heterocycles. The van der Waals surface area contributed by atoms with Crippen LogP contribution in [0.2, 0.25) is 0 Å². The van der Waals surface area contributed by atoms with Crippen molar-refractivity contribution in [3.8, 4) is 6.07 Å². The summed E-state index contributed by atoms with van der Waals surface area (Å²) < 4.78 is 0. The van der Waals surface area contributed by atoms with Crippen molar-refractivity contribution in [3.63, 3.8) is 0 Å². The lowest BCUT2D eigenvalue weighted by molar-refractivity contribution is -0.122. The van der Waals surface area contributed by atoms with Crippen molar-refractivity contribution in [1.82, 2.24) is 15.5 Å². The number of benzene rings is 1. The monoisotopic (exact) mass is 320 g/mol. The first-order chi connectivity index (χ1) is 10.5. The van der Waals surface area contributed by atoms with Gasteiger partial charge in [0.1, 0.15) is 12.6 Å². The van der Waals surface area contributed by atoms with Gasteiger partial charge in [-0.05, 0) is 5.56 Å².